The van der Waals surface area contributed by atoms with Crippen LogP contribution in [0.4, 0.5) is 0 Å². The Hall–Kier alpha value is -1.50. The van der Waals surface area contributed by atoms with Crippen LogP contribution in [0.1, 0.15) is 36.0 Å². The molecular weight excluding hydrogens is 392 g/mol. The Labute approximate surface area is 168 Å². The van der Waals surface area contributed by atoms with Gasteiger partial charge in [0.05, 0.1) is 15.6 Å². The summed E-state index contributed by atoms with van der Waals surface area (Å²) in [6, 6.07) is 5.63. The number of thiophene rings is 1. The van der Waals surface area contributed by atoms with Crippen molar-refractivity contribution in [3.63, 3.8) is 0 Å². The minimum absolute atomic E-state index is 0.120. The molecule has 1 unspecified atom stereocenters. The zero-order valence-corrected chi connectivity index (χ0v) is 17.0. The van der Waals surface area contributed by atoms with Crippen LogP contribution in [0.15, 0.2) is 29.6 Å². The molecule has 0 aliphatic rings. The lowest BCUT2D eigenvalue weighted by Crippen LogP contribution is -2.45. The minimum atomic E-state index is -0.896. The molecule has 0 fully saturated rings. The predicted molar refractivity (Wildman–Crippen MR) is 107 cm³/mol. The molecule has 1 atom stereocenters. The van der Waals surface area contributed by atoms with Gasteiger partial charge in [0.25, 0.3) is 5.91 Å². The Morgan fingerprint density at radius 1 is 1.27 bits per heavy atom. The van der Waals surface area contributed by atoms with E-state index in [9.17, 15) is 9.59 Å². The number of hydrogen-bond acceptors (Lipinski definition) is 4. The van der Waals surface area contributed by atoms with Crippen molar-refractivity contribution < 1.29 is 14.3 Å². The third kappa shape index (κ3) is 5.76. The van der Waals surface area contributed by atoms with Gasteiger partial charge in [0.2, 0.25) is 0 Å². The molecule has 26 heavy (non-hydrogen) atoms. The monoisotopic (exact) mass is 409 g/mol. The number of rotatable bonds is 5. The fourth-order valence-corrected chi connectivity index (χ4v) is 3.61. The molecule has 136 valence electrons. The molecule has 2 rings (SSSR count). The molecule has 4 nitrogen and oxygen atoms in total. The van der Waals surface area contributed by atoms with Gasteiger partial charge < -0.3 is 10.1 Å². The van der Waals surface area contributed by atoms with Gasteiger partial charge in [0, 0.05) is 11.3 Å². The van der Waals surface area contributed by atoms with Gasteiger partial charge in [-0.05, 0) is 38.3 Å². The standard InChI is InChI=1S/C18H18BCl2NO3S/c1-18(2,3)25-17(24)14(8-11-7-10(19)9-26-11)22-16(23)15-12(20)5-4-6-13(15)21/h4-7,9,14H,8H2,1-3H3,(H,22,23). The molecule has 2 aromatic rings. The maximum atomic E-state index is 12.7. The maximum absolute atomic E-state index is 12.7. The van der Waals surface area contributed by atoms with Gasteiger partial charge >= 0.3 is 5.97 Å². The lowest BCUT2D eigenvalue weighted by molar-refractivity contribution is -0.157. The summed E-state index contributed by atoms with van der Waals surface area (Å²) in [5, 5.41) is 4.86. The second-order valence-electron chi connectivity index (χ2n) is 6.71. The molecule has 2 radical (unpaired) electrons. The highest BCUT2D eigenvalue weighted by Crippen LogP contribution is 2.24. The smallest absolute Gasteiger partial charge is 0.329 e. The van der Waals surface area contributed by atoms with Crippen LogP contribution >= 0.6 is 34.5 Å². The first-order valence-electron chi connectivity index (χ1n) is 7.87. The molecule has 0 saturated carbocycles. The van der Waals surface area contributed by atoms with Crippen molar-refractivity contribution in [2.24, 2.45) is 0 Å². The van der Waals surface area contributed by atoms with Gasteiger partial charge in [-0.2, -0.15) is 0 Å². The molecule has 0 saturated heterocycles. The first-order chi connectivity index (χ1) is 12.1. The van der Waals surface area contributed by atoms with Crippen LogP contribution < -0.4 is 10.8 Å². The van der Waals surface area contributed by atoms with E-state index in [-0.39, 0.29) is 22.0 Å². The van der Waals surface area contributed by atoms with E-state index in [1.54, 1.807) is 50.4 Å². The van der Waals surface area contributed by atoms with Crippen molar-refractivity contribution in [3.8, 4) is 0 Å². The average Bonchev–Trinajstić information content (AvgIpc) is 2.90. The van der Waals surface area contributed by atoms with Gasteiger partial charge in [-0.15, -0.1) is 11.3 Å². The molecule has 1 N–H and O–H groups in total. The summed E-state index contributed by atoms with van der Waals surface area (Å²) < 4.78 is 5.43. The summed E-state index contributed by atoms with van der Waals surface area (Å²) in [6.07, 6.45) is 0.255. The van der Waals surface area contributed by atoms with Crippen molar-refractivity contribution in [3.05, 3.63) is 50.1 Å². The number of benzene rings is 1. The molecule has 1 aromatic heterocycles. The number of halogens is 2. The number of esters is 1. The Bertz CT molecular complexity index is 797. The van der Waals surface area contributed by atoms with E-state index in [0.29, 0.717) is 5.46 Å². The highest BCUT2D eigenvalue weighted by Gasteiger charge is 2.29. The van der Waals surface area contributed by atoms with Crippen LogP contribution in [0.5, 0.6) is 0 Å². The van der Waals surface area contributed by atoms with Crippen molar-refractivity contribution in [1.82, 2.24) is 5.32 Å². The topological polar surface area (TPSA) is 55.4 Å². The van der Waals surface area contributed by atoms with E-state index < -0.39 is 23.5 Å². The number of carbonyl (C=O) groups is 2. The molecule has 0 bridgehead atoms. The van der Waals surface area contributed by atoms with Gasteiger partial charge in [0.15, 0.2) is 0 Å². The van der Waals surface area contributed by atoms with E-state index >= 15 is 0 Å². The second kappa shape index (κ2) is 8.46. The van der Waals surface area contributed by atoms with Crippen LogP contribution in [0.3, 0.4) is 0 Å². The zero-order valence-electron chi connectivity index (χ0n) is 14.6. The summed E-state index contributed by atoms with van der Waals surface area (Å²) in [7, 11) is 5.74. The summed E-state index contributed by atoms with van der Waals surface area (Å²) in [4.78, 5) is 26.1. The third-order valence-electron chi connectivity index (χ3n) is 3.27. The van der Waals surface area contributed by atoms with E-state index in [4.69, 9.17) is 35.8 Å². The van der Waals surface area contributed by atoms with Crippen LogP contribution in [0.25, 0.3) is 0 Å². The predicted octanol–water partition coefficient (Wildman–Crippen LogP) is 3.53. The van der Waals surface area contributed by atoms with Crippen LogP contribution in [0.2, 0.25) is 10.0 Å². The Morgan fingerprint density at radius 3 is 2.38 bits per heavy atom. The van der Waals surface area contributed by atoms with Gasteiger partial charge in [0.1, 0.15) is 19.5 Å². The van der Waals surface area contributed by atoms with Crippen molar-refractivity contribution in [1.29, 1.82) is 0 Å². The van der Waals surface area contributed by atoms with Crippen LogP contribution in [-0.2, 0) is 16.0 Å². The lowest BCUT2D eigenvalue weighted by atomic mass is 9.99. The SMILES string of the molecule is [B]c1csc(CC(NC(=O)c2c(Cl)cccc2Cl)C(=O)OC(C)(C)C)c1. The largest absolute Gasteiger partial charge is 0.458 e. The van der Waals surface area contributed by atoms with Crippen molar-refractivity contribution >= 4 is 59.7 Å². The van der Waals surface area contributed by atoms with Crippen molar-refractivity contribution in [2.75, 3.05) is 0 Å². The van der Waals surface area contributed by atoms with E-state index in [1.807, 2.05) is 0 Å². The number of hydrogen-bond donors (Lipinski definition) is 1. The Morgan fingerprint density at radius 2 is 1.88 bits per heavy atom. The van der Waals surface area contributed by atoms with Crippen molar-refractivity contribution in [2.45, 2.75) is 38.8 Å². The molecular formula is C18H18BCl2NO3S. The second-order valence-corrected chi connectivity index (χ2v) is 8.52. The lowest BCUT2D eigenvalue weighted by Gasteiger charge is -2.24. The highest BCUT2D eigenvalue weighted by atomic mass is 35.5. The highest BCUT2D eigenvalue weighted by molar-refractivity contribution is 7.10. The van der Waals surface area contributed by atoms with Crippen LogP contribution in [0, 0.1) is 0 Å². The Balaban J connectivity index is 2.25. The fraction of sp³-hybridized carbons (Fsp3) is 0.333. The Kier molecular flexibility index (Phi) is 6.77. The maximum Gasteiger partial charge on any atom is 0.329 e. The van der Waals surface area contributed by atoms with E-state index in [1.165, 1.54) is 11.3 Å². The van der Waals surface area contributed by atoms with Gasteiger partial charge in [-0.1, -0.05) is 40.8 Å². The number of carbonyl (C=O) groups excluding carboxylic acids is 2. The fourth-order valence-electron chi connectivity index (χ4n) is 2.22. The van der Waals surface area contributed by atoms with E-state index in [2.05, 4.69) is 5.32 Å². The quantitative estimate of drug-likeness (QED) is 0.607. The number of ether oxygens (including phenoxy) is 1. The minimum Gasteiger partial charge on any atom is -0.458 e. The molecule has 0 aliphatic heterocycles. The first-order valence-corrected chi connectivity index (χ1v) is 9.51. The molecule has 1 aromatic carbocycles. The number of amides is 1. The summed E-state index contributed by atoms with van der Waals surface area (Å²) in [5.41, 5.74) is 0.0415. The van der Waals surface area contributed by atoms with Gasteiger partial charge in [-0.25, -0.2) is 4.79 Å². The first kappa shape index (κ1) is 20.8. The third-order valence-corrected chi connectivity index (χ3v) is 4.87. The molecule has 1 heterocycles. The summed E-state index contributed by atoms with van der Waals surface area (Å²) in [6.45, 7) is 5.29. The molecule has 0 aliphatic carbocycles. The number of nitrogens with one attached hydrogen (secondary N) is 1. The molecule has 1 amide bonds. The molecule has 0 spiro atoms. The average molecular weight is 410 g/mol. The van der Waals surface area contributed by atoms with Gasteiger partial charge in [-0.3, -0.25) is 4.79 Å². The normalized spacial score (nSPS) is 12.5. The summed E-state index contributed by atoms with van der Waals surface area (Å²) >= 11 is 13.6. The van der Waals surface area contributed by atoms with E-state index in [0.717, 1.165) is 4.88 Å². The van der Waals surface area contributed by atoms with Crippen LogP contribution in [-0.4, -0.2) is 31.4 Å². The molecule has 8 heteroatoms. The zero-order chi connectivity index (χ0) is 19.5. The summed E-state index contributed by atoms with van der Waals surface area (Å²) in [5.74, 6) is -1.08.